The minimum absolute atomic E-state index is 0.673. The number of methoxy groups -OCH3 is 2. The molecule has 0 saturated heterocycles. The van der Waals surface area contributed by atoms with Crippen LogP contribution in [0.1, 0.15) is 11.1 Å². The number of para-hydroxylation sites is 2. The highest BCUT2D eigenvalue weighted by Gasteiger charge is 2.22. The Bertz CT molecular complexity index is 824. The first-order chi connectivity index (χ1) is 11.3. The van der Waals surface area contributed by atoms with Gasteiger partial charge in [0.1, 0.15) is 5.52 Å². The van der Waals surface area contributed by atoms with E-state index in [2.05, 4.69) is 16.0 Å². The SMILES string of the molecule is COc1cc2c(cc1OC)CN(c1nc3ccccc3o1)CC2. The highest BCUT2D eigenvalue weighted by Crippen LogP contribution is 2.34. The van der Waals surface area contributed by atoms with Crippen molar-refractivity contribution < 1.29 is 13.9 Å². The van der Waals surface area contributed by atoms with Gasteiger partial charge >= 0.3 is 0 Å². The Morgan fingerprint density at radius 2 is 1.78 bits per heavy atom. The summed E-state index contributed by atoms with van der Waals surface area (Å²) in [6.45, 7) is 1.62. The lowest BCUT2D eigenvalue weighted by molar-refractivity contribution is 0.353. The van der Waals surface area contributed by atoms with E-state index in [1.165, 1.54) is 11.1 Å². The van der Waals surface area contributed by atoms with E-state index < -0.39 is 0 Å². The summed E-state index contributed by atoms with van der Waals surface area (Å²) in [7, 11) is 3.32. The summed E-state index contributed by atoms with van der Waals surface area (Å²) in [5, 5.41) is 0. The average molecular weight is 310 g/mol. The number of fused-ring (bicyclic) bond motifs is 2. The molecule has 2 aromatic carbocycles. The molecule has 0 saturated carbocycles. The van der Waals surface area contributed by atoms with Crippen LogP contribution in [-0.4, -0.2) is 25.7 Å². The Morgan fingerprint density at radius 1 is 1.04 bits per heavy atom. The predicted molar refractivity (Wildman–Crippen MR) is 88.3 cm³/mol. The molecule has 2 heterocycles. The van der Waals surface area contributed by atoms with E-state index in [0.29, 0.717) is 6.01 Å². The molecule has 1 aliphatic rings. The zero-order valence-corrected chi connectivity index (χ0v) is 13.2. The molecule has 5 nitrogen and oxygen atoms in total. The van der Waals surface area contributed by atoms with Crippen molar-refractivity contribution in [2.75, 3.05) is 25.7 Å². The third-order valence-electron chi connectivity index (χ3n) is 4.27. The normalized spacial score (nSPS) is 13.9. The molecule has 0 aliphatic carbocycles. The van der Waals surface area contributed by atoms with E-state index >= 15 is 0 Å². The van der Waals surface area contributed by atoms with Gasteiger partial charge in [-0.15, -0.1) is 0 Å². The Kier molecular flexibility index (Phi) is 3.33. The number of rotatable bonds is 3. The van der Waals surface area contributed by atoms with Gasteiger partial charge in [-0.2, -0.15) is 4.98 Å². The molecular formula is C18H18N2O3. The van der Waals surface area contributed by atoms with Crippen molar-refractivity contribution >= 4 is 17.1 Å². The lowest BCUT2D eigenvalue weighted by Crippen LogP contribution is -2.30. The molecule has 0 unspecified atom stereocenters. The van der Waals surface area contributed by atoms with Crippen molar-refractivity contribution in [1.82, 2.24) is 4.98 Å². The maximum absolute atomic E-state index is 5.88. The fourth-order valence-corrected chi connectivity index (χ4v) is 3.04. The third kappa shape index (κ3) is 2.38. The van der Waals surface area contributed by atoms with E-state index in [9.17, 15) is 0 Å². The first-order valence-electron chi connectivity index (χ1n) is 7.63. The lowest BCUT2D eigenvalue weighted by atomic mass is 9.99. The summed E-state index contributed by atoms with van der Waals surface area (Å²) in [5.74, 6) is 1.53. The van der Waals surface area contributed by atoms with E-state index in [1.54, 1.807) is 14.2 Å². The van der Waals surface area contributed by atoms with Crippen molar-refractivity contribution in [3.05, 3.63) is 47.5 Å². The molecule has 0 fully saturated rings. The Hall–Kier alpha value is -2.69. The summed E-state index contributed by atoms with van der Waals surface area (Å²) in [6, 6.07) is 12.6. The van der Waals surface area contributed by atoms with Crippen molar-refractivity contribution in [3.63, 3.8) is 0 Å². The third-order valence-corrected chi connectivity index (χ3v) is 4.27. The van der Waals surface area contributed by atoms with E-state index in [0.717, 1.165) is 42.1 Å². The molecule has 0 spiro atoms. The maximum Gasteiger partial charge on any atom is 0.298 e. The van der Waals surface area contributed by atoms with E-state index in [4.69, 9.17) is 13.9 Å². The number of hydrogen-bond donors (Lipinski definition) is 0. The van der Waals surface area contributed by atoms with Gasteiger partial charge in [-0.05, 0) is 41.8 Å². The first kappa shape index (κ1) is 13.9. The Labute approximate surface area is 134 Å². The summed E-state index contributed by atoms with van der Waals surface area (Å²) in [4.78, 5) is 6.75. The molecule has 1 aromatic heterocycles. The van der Waals surface area contributed by atoms with Gasteiger partial charge in [0.2, 0.25) is 0 Å². The predicted octanol–water partition coefficient (Wildman–Crippen LogP) is 3.41. The summed E-state index contributed by atoms with van der Waals surface area (Å²) in [5.41, 5.74) is 4.22. The second-order valence-electron chi connectivity index (χ2n) is 5.61. The fraction of sp³-hybridized carbons (Fsp3) is 0.278. The van der Waals surface area contributed by atoms with Gasteiger partial charge in [0.25, 0.3) is 6.01 Å². The van der Waals surface area contributed by atoms with Crippen LogP contribution in [0.4, 0.5) is 6.01 Å². The minimum atomic E-state index is 0.673. The molecule has 0 atom stereocenters. The van der Waals surface area contributed by atoms with Gasteiger partial charge in [0.05, 0.1) is 14.2 Å². The first-order valence-corrected chi connectivity index (χ1v) is 7.63. The van der Waals surface area contributed by atoms with Crippen molar-refractivity contribution in [2.24, 2.45) is 0 Å². The molecule has 0 N–H and O–H groups in total. The largest absolute Gasteiger partial charge is 0.493 e. The van der Waals surface area contributed by atoms with Crippen LogP contribution < -0.4 is 14.4 Å². The van der Waals surface area contributed by atoms with Crippen LogP contribution in [0.5, 0.6) is 11.5 Å². The summed E-state index contributed by atoms with van der Waals surface area (Å²) >= 11 is 0. The Morgan fingerprint density at radius 3 is 2.52 bits per heavy atom. The van der Waals surface area contributed by atoms with Gasteiger partial charge in [-0.3, -0.25) is 0 Å². The van der Waals surface area contributed by atoms with Crippen LogP contribution in [0.15, 0.2) is 40.8 Å². The summed E-state index contributed by atoms with van der Waals surface area (Å²) in [6.07, 6.45) is 0.925. The van der Waals surface area contributed by atoms with Crippen molar-refractivity contribution in [2.45, 2.75) is 13.0 Å². The molecule has 0 radical (unpaired) electrons. The second-order valence-corrected chi connectivity index (χ2v) is 5.61. The smallest absolute Gasteiger partial charge is 0.298 e. The minimum Gasteiger partial charge on any atom is -0.493 e. The standard InChI is InChI=1S/C18H18N2O3/c1-21-16-9-12-7-8-20(11-13(12)10-17(16)22-2)18-19-14-5-3-4-6-15(14)23-18/h3-6,9-10H,7-8,11H2,1-2H3. The van der Waals surface area contributed by atoms with Gasteiger partial charge in [-0.25, -0.2) is 0 Å². The number of benzene rings is 2. The van der Waals surface area contributed by atoms with Gasteiger partial charge in [0.15, 0.2) is 17.1 Å². The quantitative estimate of drug-likeness (QED) is 0.742. The number of aromatic nitrogens is 1. The van der Waals surface area contributed by atoms with Crippen LogP contribution >= 0.6 is 0 Å². The van der Waals surface area contributed by atoms with Crippen LogP contribution in [0.3, 0.4) is 0 Å². The van der Waals surface area contributed by atoms with Crippen LogP contribution in [0.2, 0.25) is 0 Å². The van der Waals surface area contributed by atoms with E-state index in [1.807, 2.05) is 30.3 Å². The molecule has 5 heteroatoms. The maximum atomic E-state index is 5.88. The topological polar surface area (TPSA) is 47.7 Å². The van der Waals surface area contributed by atoms with Gasteiger partial charge in [-0.1, -0.05) is 12.1 Å². The highest BCUT2D eigenvalue weighted by atomic mass is 16.5. The highest BCUT2D eigenvalue weighted by molar-refractivity contribution is 5.74. The molecule has 23 heavy (non-hydrogen) atoms. The second kappa shape index (κ2) is 5.50. The fourth-order valence-electron chi connectivity index (χ4n) is 3.04. The monoisotopic (exact) mass is 310 g/mol. The lowest BCUT2D eigenvalue weighted by Gasteiger charge is -2.28. The Balaban J connectivity index is 1.67. The zero-order valence-electron chi connectivity index (χ0n) is 13.2. The molecule has 118 valence electrons. The van der Waals surface area contributed by atoms with Gasteiger partial charge in [0, 0.05) is 13.1 Å². The number of hydrogen-bond acceptors (Lipinski definition) is 5. The molecule has 4 rings (SSSR count). The number of oxazole rings is 1. The van der Waals surface area contributed by atoms with Crippen molar-refractivity contribution in [3.8, 4) is 11.5 Å². The average Bonchev–Trinajstić information content (AvgIpc) is 3.04. The van der Waals surface area contributed by atoms with E-state index in [-0.39, 0.29) is 0 Å². The summed E-state index contributed by atoms with van der Waals surface area (Å²) < 4.78 is 16.7. The molecular weight excluding hydrogens is 292 g/mol. The van der Waals surface area contributed by atoms with Gasteiger partial charge < -0.3 is 18.8 Å². The zero-order chi connectivity index (χ0) is 15.8. The number of nitrogens with zero attached hydrogens (tertiary/aromatic N) is 2. The number of anilines is 1. The van der Waals surface area contributed by atoms with Crippen LogP contribution in [0.25, 0.3) is 11.1 Å². The molecule has 0 bridgehead atoms. The molecule has 0 amide bonds. The van der Waals surface area contributed by atoms with Crippen LogP contribution in [-0.2, 0) is 13.0 Å². The number of ether oxygens (including phenoxy) is 2. The van der Waals surface area contributed by atoms with Crippen molar-refractivity contribution in [1.29, 1.82) is 0 Å². The molecule has 3 aromatic rings. The van der Waals surface area contributed by atoms with Crippen LogP contribution in [0, 0.1) is 0 Å². The molecule has 1 aliphatic heterocycles.